The number of hydrogen-bond donors (Lipinski definition) is 0. The molecule has 3 rings (SSSR count). The van der Waals surface area contributed by atoms with E-state index >= 15 is 0 Å². The molecule has 0 nitrogen and oxygen atoms in total. The summed E-state index contributed by atoms with van der Waals surface area (Å²) in [6, 6.07) is 21.8. The highest BCUT2D eigenvalue weighted by atomic mass is 28.3. The molecule has 0 amide bonds. The van der Waals surface area contributed by atoms with Gasteiger partial charge in [0.25, 0.3) is 0 Å². The molecule has 1 aliphatic rings. The van der Waals surface area contributed by atoms with Crippen molar-refractivity contribution in [2.24, 2.45) is 0 Å². The van der Waals surface area contributed by atoms with E-state index in [4.69, 9.17) is 0 Å². The summed E-state index contributed by atoms with van der Waals surface area (Å²) in [4.78, 5) is 0. The second-order valence-electron chi connectivity index (χ2n) is 6.17. The second kappa shape index (κ2) is 5.49. The van der Waals surface area contributed by atoms with E-state index in [1.54, 1.807) is 10.4 Å². The van der Waals surface area contributed by atoms with Crippen LogP contribution in [0, 0.1) is 0 Å². The Kier molecular flexibility index (Phi) is 3.69. The zero-order valence-electron chi connectivity index (χ0n) is 13.1. The van der Waals surface area contributed by atoms with Gasteiger partial charge >= 0.3 is 0 Å². The Hall–Kier alpha value is -1.86. The fourth-order valence-corrected chi connectivity index (χ4v) is 7.09. The van der Waals surface area contributed by atoms with Gasteiger partial charge in [0.2, 0.25) is 0 Å². The molecule has 0 spiro atoms. The summed E-state index contributed by atoms with van der Waals surface area (Å²) in [5, 5.41) is 3.18. The third kappa shape index (κ3) is 2.42. The lowest BCUT2D eigenvalue weighted by Gasteiger charge is -2.26. The van der Waals surface area contributed by atoms with Gasteiger partial charge in [-0.15, -0.1) is 0 Å². The predicted octanol–water partition coefficient (Wildman–Crippen LogP) is 5.73. The Morgan fingerprint density at radius 3 is 1.81 bits per heavy atom. The van der Waals surface area contributed by atoms with Crippen LogP contribution < -0.4 is 0 Å². The maximum absolute atomic E-state index is 2.48. The maximum Gasteiger partial charge on any atom is 0.114 e. The fourth-order valence-electron chi connectivity index (χ4n) is 3.45. The second-order valence-corrected chi connectivity index (χ2v) is 10.5. The largest absolute Gasteiger partial charge is 0.114 e. The van der Waals surface area contributed by atoms with Gasteiger partial charge < -0.3 is 0 Å². The van der Waals surface area contributed by atoms with Crippen LogP contribution in [0.15, 0.2) is 72.3 Å². The first-order valence-electron chi connectivity index (χ1n) is 7.71. The van der Waals surface area contributed by atoms with Crippen LogP contribution in [0.5, 0.6) is 0 Å². The van der Waals surface area contributed by atoms with Crippen molar-refractivity contribution < 1.29 is 0 Å². The molecule has 1 heterocycles. The highest BCUT2D eigenvalue weighted by Gasteiger charge is 2.37. The fraction of sp³-hybridized carbons (Fsp3) is 0.200. The molecule has 0 aliphatic carbocycles. The molecular formula is C20H22Si. The third-order valence-corrected chi connectivity index (χ3v) is 8.11. The van der Waals surface area contributed by atoms with Gasteiger partial charge in [-0.05, 0) is 33.5 Å². The summed E-state index contributed by atoms with van der Waals surface area (Å²) in [7, 11) is -1.62. The van der Waals surface area contributed by atoms with Crippen molar-refractivity contribution in [3.8, 4) is 0 Å². The molecule has 0 aromatic heterocycles. The van der Waals surface area contributed by atoms with Crippen molar-refractivity contribution in [3.63, 3.8) is 0 Å². The quantitative estimate of drug-likeness (QED) is 0.633. The van der Waals surface area contributed by atoms with Crippen molar-refractivity contribution in [3.05, 3.63) is 83.4 Å². The lowest BCUT2D eigenvalue weighted by Crippen LogP contribution is -2.28. The predicted molar refractivity (Wildman–Crippen MR) is 95.6 cm³/mol. The normalized spacial score (nSPS) is 17.0. The number of allylic oxidation sites excluding steroid dienone is 2. The molecule has 0 fully saturated rings. The van der Waals surface area contributed by atoms with Gasteiger partial charge in [0.05, 0.1) is 0 Å². The Morgan fingerprint density at radius 1 is 0.762 bits per heavy atom. The van der Waals surface area contributed by atoms with Gasteiger partial charge in [0, 0.05) is 0 Å². The van der Waals surface area contributed by atoms with Crippen molar-refractivity contribution in [1.29, 1.82) is 0 Å². The van der Waals surface area contributed by atoms with Crippen molar-refractivity contribution in [1.82, 2.24) is 0 Å². The summed E-state index contributed by atoms with van der Waals surface area (Å²) < 4.78 is 0. The van der Waals surface area contributed by atoms with Crippen LogP contribution in [0.3, 0.4) is 0 Å². The molecule has 21 heavy (non-hydrogen) atoms. The maximum atomic E-state index is 2.48. The first-order valence-corrected chi connectivity index (χ1v) is 10.7. The first-order chi connectivity index (χ1) is 10.1. The molecule has 2 aromatic carbocycles. The average molecular weight is 290 g/mol. The smallest absolute Gasteiger partial charge is 0.0622 e. The van der Waals surface area contributed by atoms with E-state index in [2.05, 4.69) is 86.8 Å². The average Bonchev–Trinajstić information content (AvgIpc) is 2.79. The molecule has 0 unspecified atom stereocenters. The van der Waals surface area contributed by atoms with Crippen LogP contribution in [0.25, 0.3) is 10.4 Å². The van der Waals surface area contributed by atoms with Crippen molar-refractivity contribution in [2.75, 3.05) is 0 Å². The molecule has 0 saturated heterocycles. The zero-order chi connectivity index (χ0) is 14.9. The van der Waals surface area contributed by atoms with Crippen LogP contribution in [0.2, 0.25) is 13.1 Å². The molecule has 0 N–H and O–H groups in total. The van der Waals surface area contributed by atoms with Crippen molar-refractivity contribution in [2.45, 2.75) is 26.4 Å². The number of rotatable bonds is 3. The van der Waals surface area contributed by atoms with Crippen LogP contribution >= 0.6 is 0 Å². The SMILES string of the molecule is CCC1=C(c2ccccc2)[Si](C)(C)C(c2ccccc2)=C1. The van der Waals surface area contributed by atoms with E-state index < -0.39 is 8.07 Å². The van der Waals surface area contributed by atoms with Gasteiger partial charge in [0.15, 0.2) is 0 Å². The topological polar surface area (TPSA) is 0 Å². The Bertz CT molecular complexity index is 691. The van der Waals surface area contributed by atoms with Gasteiger partial charge in [-0.2, -0.15) is 0 Å². The highest BCUT2D eigenvalue weighted by Crippen LogP contribution is 2.45. The summed E-state index contributed by atoms with van der Waals surface area (Å²) in [6.07, 6.45) is 3.57. The standard InChI is InChI=1S/C20H22Si/c1-4-16-15-19(17-11-7-5-8-12-17)21(2,3)20(16)18-13-9-6-10-14-18/h5-15H,4H2,1-3H3. The minimum absolute atomic E-state index is 1.11. The van der Waals surface area contributed by atoms with E-state index in [0.717, 1.165) is 6.42 Å². The molecule has 1 heteroatoms. The molecular weight excluding hydrogens is 268 g/mol. The Balaban J connectivity index is 2.12. The van der Waals surface area contributed by atoms with Gasteiger partial charge in [-0.3, -0.25) is 0 Å². The van der Waals surface area contributed by atoms with E-state index in [1.165, 1.54) is 16.7 Å². The summed E-state index contributed by atoms with van der Waals surface area (Å²) >= 11 is 0. The van der Waals surface area contributed by atoms with E-state index in [0.29, 0.717) is 0 Å². The van der Waals surface area contributed by atoms with Gasteiger partial charge in [-0.25, -0.2) is 0 Å². The van der Waals surface area contributed by atoms with E-state index in [9.17, 15) is 0 Å². The lowest BCUT2D eigenvalue weighted by molar-refractivity contribution is 1.16. The monoisotopic (exact) mass is 290 g/mol. The molecule has 0 saturated carbocycles. The third-order valence-electron chi connectivity index (χ3n) is 4.47. The first kappa shape index (κ1) is 14.1. The number of hydrogen-bond acceptors (Lipinski definition) is 0. The zero-order valence-corrected chi connectivity index (χ0v) is 14.1. The molecule has 1 aliphatic heterocycles. The van der Waals surface area contributed by atoms with Gasteiger partial charge in [-0.1, -0.05) is 86.8 Å². The molecule has 2 aromatic rings. The van der Waals surface area contributed by atoms with Crippen LogP contribution in [0.1, 0.15) is 24.5 Å². The minimum Gasteiger partial charge on any atom is -0.0622 e. The Morgan fingerprint density at radius 2 is 1.29 bits per heavy atom. The van der Waals surface area contributed by atoms with E-state index in [1.807, 2.05) is 0 Å². The van der Waals surface area contributed by atoms with Crippen LogP contribution in [0.4, 0.5) is 0 Å². The Labute approximate surface area is 128 Å². The molecule has 0 radical (unpaired) electrons. The van der Waals surface area contributed by atoms with Gasteiger partial charge in [0.1, 0.15) is 8.07 Å². The lowest BCUT2D eigenvalue weighted by atomic mass is 10.1. The van der Waals surface area contributed by atoms with E-state index in [-0.39, 0.29) is 0 Å². The minimum atomic E-state index is -1.62. The number of benzene rings is 2. The summed E-state index contributed by atoms with van der Waals surface area (Å²) in [5.41, 5.74) is 4.33. The van der Waals surface area contributed by atoms with Crippen molar-refractivity contribution >= 4 is 18.5 Å². The van der Waals surface area contributed by atoms with Crippen LogP contribution in [-0.2, 0) is 0 Å². The molecule has 0 bridgehead atoms. The molecule has 106 valence electrons. The molecule has 0 atom stereocenters. The summed E-state index contributed by atoms with van der Waals surface area (Å²) in [5.74, 6) is 0. The van der Waals surface area contributed by atoms with Crippen LogP contribution in [-0.4, -0.2) is 8.07 Å². The summed E-state index contributed by atoms with van der Waals surface area (Å²) in [6.45, 7) is 7.24. The highest BCUT2D eigenvalue weighted by molar-refractivity contribution is 7.09.